The monoisotopic (exact) mass is 175 g/mol. The minimum atomic E-state index is -0.0580. The summed E-state index contributed by atoms with van der Waals surface area (Å²) >= 11 is 0. The summed E-state index contributed by atoms with van der Waals surface area (Å²) < 4.78 is 1.55. The first-order chi connectivity index (χ1) is 6.06. The second-order valence-electron chi connectivity index (χ2n) is 3.39. The summed E-state index contributed by atoms with van der Waals surface area (Å²) in [7, 11) is 1.73. The molecule has 68 valence electrons. The molecule has 0 atom stereocenters. The van der Waals surface area contributed by atoms with Crippen molar-refractivity contribution in [1.29, 1.82) is 0 Å². The number of rotatable bonds is 1. The maximum Gasteiger partial charge on any atom is 0.251 e. The van der Waals surface area contributed by atoms with Crippen molar-refractivity contribution in [3.05, 3.63) is 33.7 Å². The zero-order valence-corrected chi connectivity index (χ0v) is 8.16. The summed E-state index contributed by atoms with van der Waals surface area (Å²) in [5, 5.41) is 0. The van der Waals surface area contributed by atoms with Crippen LogP contribution in [0.5, 0.6) is 0 Å². The van der Waals surface area contributed by atoms with Gasteiger partial charge >= 0.3 is 0 Å². The van der Waals surface area contributed by atoms with E-state index in [1.165, 1.54) is 6.07 Å². The second kappa shape index (κ2) is 3.49. The van der Waals surface area contributed by atoms with E-state index in [0.29, 0.717) is 11.5 Å². The van der Waals surface area contributed by atoms with Gasteiger partial charge in [0.05, 0.1) is 0 Å². The summed E-state index contributed by atoms with van der Waals surface area (Å²) in [5.74, 6) is 2.88. The van der Waals surface area contributed by atoms with Gasteiger partial charge in [0.25, 0.3) is 5.56 Å². The summed E-state index contributed by atoms with van der Waals surface area (Å²) in [4.78, 5) is 11.2. The van der Waals surface area contributed by atoms with Crippen LogP contribution in [0.4, 0.5) is 0 Å². The molecule has 1 rings (SSSR count). The number of pyridine rings is 1. The highest BCUT2D eigenvalue weighted by Crippen LogP contribution is 2.16. The lowest BCUT2D eigenvalue weighted by molar-refractivity contribution is 0.791. The van der Waals surface area contributed by atoms with Crippen molar-refractivity contribution in [3.8, 4) is 12.3 Å². The number of hydrogen-bond donors (Lipinski definition) is 0. The lowest BCUT2D eigenvalue weighted by Crippen LogP contribution is -2.17. The molecule has 2 heteroatoms. The minimum Gasteiger partial charge on any atom is -0.318 e. The first-order valence-electron chi connectivity index (χ1n) is 4.23. The van der Waals surface area contributed by atoms with Gasteiger partial charge in [-0.3, -0.25) is 4.79 Å². The average Bonchev–Trinajstić information content (AvgIpc) is 2.08. The van der Waals surface area contributed by atoms with Crippen LogP contribution in [0.25, 0.3) is 0 Å². The third-order valence-corrected chi connectivity index (χ3v) is 2.04. The molecule has 0 spiro atoms. The van der Waals surface area contributed by atoms with Crippen molar-refractivity contribution >= 4 is 0 Å². The van der Waals surface area contributed by atoms with Crippen LogP contribution in [0, 0.1) is 12.3 Å². The summed E-state index contributed by atoms with van der Waals surface area (Å²) in [5.41, 5.74) is 1.69. The summed E-state index contributed by atoms with van der Waals surface area (Å²) in [6, 6.07) is 1.51. The Morgan fingerprint density at radius 2 is 2.15 bits per heavy atom. The van der Waals surface area contributed by atoms with Crippen LogP contribution in [-0.4, -0.2) is 4.57 Å². The van der Waals surface area contributed by atoms with Gasteiger partial charge in [-0.2, -0.15) is 0 Å². The van der Waals surface area contributed by atoms with E-state index in [9.17, 15) is 4.79 Å². The molecule has 2 nitrogen and oxygen atoms in total. The SMILES string of the molecule is C#Cc1cc(=O)n(C)cc1C(C)C. The number of terminal acetylenes is 1. The first kappa shape index (κ1) is 9.60. The van der Waals surface area contributed by atoms with Crippen LogP contribution in [0.15, 0.2) is 17.1 Å². The van der Waals surface area contributed by atoms with E-state index in [4.69, 9.17) is 6.42 Å². The van der Waals surface area contributed by atoms with E-state index >= 15 is 0 Å². The van der Waals surface area contributed by atoms with E-state index < -0.39 is 0 Å². The molecular formula is C11H13NO. The average molecular weight is 175 g/mol. The standard InChI is InChI=1S/C11H13NO/c1-5-9-6-11(13)12(4)7-10(9)8(2)3/h1,6-8H,2-4H3. The third kappa shape index (κ3) is 1.81. The number of aromatic nitrogens is 1. The molecule has 1 aromatic rings. The van der Waals surface area contributed by atoms with Crippen LogP contribution < -0.4 is 5.56 Å². The Hall–Kier alpha value is -1.49. The van der Waals surface area contributed by atoms with Crippen molar-refractivity contribution in [2.45, 2.75) is 19.8 Å². The van der Waals surface area contributed by atoms with E-state index in [-0.39, 0.29) is 5.56 Å². The van der Waals surface area contributed by atoms with Gasteiger partial charge in [-0.1, -0.05) is 19.8 Å². The Balaban J connectivity index is 3.44. The molecule has 0 aliphatic rings. The van der Waals surface area contributed by atoms with Gasteiger partial charge in [-0.15, -0.1) is 6.42 Å². The maximum absolute atomic E-state index is 11.2. The number of hydrogen-bond acceptors (Lipinski definition) is 1. The van der Waals surface area contributed by atoms with Crippen LogP contribution in [0.1, 0.15) is 30.9 Å². The molecule has 0 aliphatic carbocycles. The normalized spacial score (nSPS) is 10.1. The fourth-order valence-corrected chi connectivity index (χ4v) is 1.24. The van der Waals surface area contributed by atoms with Crippen LogP contribution >= 0.6 is 0 Å². The Bertz CT molecular complexity index is 407. The molecule has 0 N–H and O–H groups in total. The highest BCUT2D eigenvalue weighted by atomic mass is 16.1. The van der Waals surface area contributed by atoms with Crippen molar-refractivity contribution < 1.29 is 0 Å². The molecule has 0 radical (unpaired) electrons. The molecular weight excluding hydrogens is 162 g/mol. The molecule has 0 amide bonds. The molecule has 1 aromatic heterocycles. The highest BCUT2D eigenvalue weighted by molar-refractivity contribution is 5.39. The Morgan fingerprint density at radius 1 is 1.54 bits per heavy atom. The van der Waals surface area contributed by atoms with Crippen molar-refractivity contribution in [1.82, 2.24) is 4.57 Å². The lowest BCUT2D eigenvalue weighted by Gasteiger charge is -2.09. The predicted octanol–water partition coefficient (Wildman–Crippen LogP) is 1.49. The third-order valence-electron chi connectivity index (χ3n) is 2.04. The minimum absolute atomic E-state index is 0.0580. The maximum atomic E-state index is 11.2. The van der Waals surface area contributed by atoms with Gasteiger partial charge in [0, 0.05) is 24.9 Å². The van der Waals surface area contributed by atoms with Gasteiger partial charge in [0.1, 0.15) is 0 Å². The zero-order valence-electron chi connectivity index (χ0n) is 8.16. The zero-order chi connectivity index (χ0) is 10.0. The van der Waals surface area contributed by atoms with Gasteiger partial charge < -0.3 is 4.57 Å². The number of aryl methyl sites for hydroxylation is 1. The van der Waals surface area contributed by atoms with Gasteiger partial charge in [-0.05, 0) is 11.5 Å². The van der Waals surface area contributed by atoms with Gasteiger partial charge in [0.15, 0.2) is 0 Å². The molecule has 0 saturated carbocycles. The fraction of sp³-hybridized carbons (Fsp3) is 0.364. The van der Waals surface area contributed by atoms with Crippen LogP contribution in [-0.2, 0) is 7.05 Å². The van der Waals surface area contributed by atoms with Gasteiger partial charge in [-0.25, -0.2) is 0 Å². The Morgan fingerprint density at radius 3 is 2.62 bits per heavy atom. The highest BCUT2D eigenvalue weighted by Gasteiger charge is 2.06. The van der Waals surface area contributed by atoms with E-state index in [0.717, 1.165) is 5.56 Å². The van der Waals surface area contributed by atoms with E-state index in [1.54, 1.807) is 11.6 Å². The van der Waals surface area contributed by atoms with Gasteiger partial charge in [0.2, 0.25) is 0 Å². The summed E-state index contributed by atoms with van der Waals surface area (Å²) in [6.45, 7) is 4.11. The Kier molecular flexibility index (Phi) is 2.57. The lowest BCUT2D eigenvalue weighted by atomic mass is 10.00. The second-order valence-corrected chi connectivity index (χ2v) is 3.39. The fourth-order valence-electron chi connectivity index (χ4n) is 1.24. The Labute approximate surface area is 78.2 Å². The molecule has 0 unspecified atom stereocenters. The quantitative estimate of drug-likeness (QED) is 0.593. The molecule has 0 aromatic carbocycles. The molecule has 0 fully saturated rings. The topological polar surface area (TPSA) is 22.0 Å². The van der Waals surface area contributed by atoms with Crippen molar-refractivity contribution in [3.63, 3.8) is 0 Å². The molecule has 0 saturated heterocycles. The van der Waals surface area contributed by atoms with Crippen molar-refractivity contribution in [2.24, 2.45) is 7.05 Å². The molecule has 0 bridgehead atoms. The van der Waals surface area contributed by atoms with Crippen LogP contribution in [0.3, 0.4) is 0 Å². The van der Waals surface area contributed by atoms with E-state index in [1.807, 2.05) is 6.20 Å². The molecule has 13 heavy (non-hydrogen) atoms. The first-order valence-corrected chi connectivity index (χ1v) is 4.23. The molecule has 1 heterocycles. The predicted molar refractivity (Wildman–Crippen MR) is 53.7 cm³/mol. The van der Waals surface area contributed by atoms with E-state index in [2.05, 4.69) is 19.8 Å². The molecule has 0 aliphatic heterocycles. The largest absolute Gasteiger partial charge is 0.318 e. The van der Waals surface area contributed by atoms with Crippen LogP contribution in [0.2, 0.25) is 0 Å². The van der Waals surface area contributed by atoms with Crippen molar-refractivity contribution in [2.75, 3.05) is 0 Å². The summed E-state index contributed by atoms with van der Waals surface area (Å²) in [6.07, 6.45) is 7.12. The smallest absolute Gasteiger partial charge is 0.251 e. The number of nitrogens with zero attached hydrogens (tertiary/aromatic N) is 1.